The Balaban J connectivity index is 0.830. The van der Waals surface area contributed by atoms with Crippen molar-refractivity contribution >= 4 is 0 Å². The number of fused-ring (bicyclic) bond motifs is 7. The van der Waals surface area contributed by atoms with Crippen LogP contribution in [0.5, 0.6) is 0 Å². The van der Waals surface area contributed by atoms with Crippen LogP contribution in [-0.4, -0.2) is 227 Å². The molecule has 4 aliphatic carbocycles. The molecule has 0 unspecified atom stereocenters. The van der Waals surface area contributed by atoms with E-state index in [-0.39, 0.29) is 53.3 Å². The van der Waals surface area contributed by atoms with Crippen LogP contribution in [0.25, 0.3) is 0 Å². The van der Waals surface area contributed by atoms with Gasteiger partial charge in [-0.2, -0.15) is 0 Å². The molecule has 9 rings (SSSR count). The van der Waals surface area contributed by atoms with Gasteiger partial charge in [0.15, 0.2) is 30.9 Å². The topological polar surface area (TPSA) is 346 Å². The smallest absolute Gasteiger partial charge is 0.187 e. The molecule has 73 heavy (non-hydrogen) atoms. The summed E-state index contributed by atoms with van der Waals surface area (Å²) in [7, 11) is 0. The van der Waals surface area contributed by atoms with Crippen molar-refractivity contribution in [3.8, 4) is 0 Å². The molecule has 22 heteroatoms. The molecular formula is C51H86O22. The van der Waals surface area contributed by atoms with Gasteiger partial charge in [0.1, 0.15) is 85.5 Å². The summed E-state index contributed by atoms with van der Waals surface area (Å²) in [5, 5.41) is 139. The van der Waals surface area contributed by atoms with Crippen LogP contribution in [0.2, 0.25) is 0 Å². The standard InChI is InChI=1S/C51H86O22/c1-20(19-65-45-39(60)38(59)35(56)30(17-52)69-45)9-14-51(64)21(2)32-29(73-51)16-28-26-8-7-24-15-25(10-12-49(24,5)27(26)11-13-50(28,32)6)68-48-44(72-47-41(62)37(58)34(55)23(4)67-47)42(63)43(31(18-53)70-48)71-46-40(61)36(57)33(54)22(3)66-46/h20-48,52-64H,7-19H2,1-6H3/t20-,21-,22-,23-,24+,25-,26+,27-,28-,29-,30+,31+,32-,33-,34-,35+,36+,37+,38-,39+,40+,41+,42-,43+,44+,45+,46-,47-,48+,49-,50-,51+/m0/s1. The first-order chi connectivity index (χ1) is 34.5. The average Bonchev–Trinajstić information content (AvgIpc) is 3.80. The summed E-state index contributed by atoms with van der Waals surface area (Å²) in [4.78, 5) is 0. The molecule has 0 amide bonds. The summed E-state index contributed by atoms with van der Waals surface area (Å²) >= 11 is 0. The van der Waals surface area contributed by atoms with Gasteiger partial charge in [-0.05, 0) is 118 Å². The number of aliphatic hydroxyl groups excluding tert-OH is 12. The third-order valence-corrected chi connectivity index (χ3v) is 20.0. The Hall–Kier alpha value is -0.880. The van der Waals surface area contributed by atoms with Crippen molar-refractivity contribution in [1.82, 2.24) is 0 Å². The Morgan fingerprint density at radius 1 is 0.562 bits per heavy atom. The third-order valence-electron chi connectivity index (χ3n) is 20.0. The lowest BCUT2D eigenvalue weighted by atomic mass is 9.44. The van der Waals surface area contributed by atoms with E-state index in [9.17, 15) is 66.4 Å². The Bertz CT molecular complexity index is 1840. The monoisotopic (exact) mass is 1050 g/mol. The van der Waals surface area contributed by atoms with Gasteiger partial charge in [0, 0.05) is 12.3 Å². The van der Waals surface area contributed by atoms with Gasteiger partial charge in [-0.15, -0.1) is 0 Å². The third kappa shape index (κ3) is 10.2. The van der Waals surface area contributed by atoms with E-state index in [1.807, 2.05) is 6.92 Å². The molecular weight excluding hydrogens is 965 g/mol. The Labute approximate surface area is 426 Å². The molecule has 0 aromatic carbocycles. The van der Waals surface area contributed by atoms with Gasteiger partial charge in [0.05, 0.1) is 44.2 Å². The van der Waals surface area contributed by atoms with Crippen LogP contribution in [0.3, 0.4) is 0 Å². The van der Waals surface area contributed by atoms with Crippen molar-refractivity contribution in [3.05, 3.63) is 0 Å². The molecule has 9 aliphatic rings. The molecule has 5 saturated heterocycles. The van der Waals surface area contributed by atoms with Crippen LogP contribution in [0, 0.1) is 52.3 Å². The summed E-state index contributed by atoms with van der Waals surface area (Å²) in [6, 6.07) is 0. The highest BCUT2D eigenvalue weighted by Gasteiger charge is 2.68. The maximum Gasteiger partial charge on any atom is 0.187 e. The molecule has 32 atom stereocenters. The van der Waals surface area contributed by atoms with Gasteiger partial charge in [-0.25, -0.2) is 0 Å². The second-order valence-corrected chi connectivity index (χ2v) is 24.2. The zero-order valence-corrected chi connectivity index (χ0v) is 42.9. The van der Waals surface area contributed by atoms with Gasteiger partial charge < -0.3 is 109 Å². The average molecular weight is 1050 g/mol. The van der Waals surface area contributed by atoms with E-state index in [0.717, 1.165) is 38.5 Å². The van der Waals surface area contributed by atoms with E-state index < -0.39 is 142 Å². The van der Waals surface area contributed by atoms with Crippen molar-refractivity contribution in [2.45, 2.75) is 247 Å². The molecule has 5 aliphatic heterocycles. The van der Waals surface area contributed by atoms with Crippen LogP contribution < -0.4 is 0 Å². The first kappa shape index (κ1) is 56.8. The second kappa shape index (κ2) is 22.0. The molecule has 0 spiro atoms. The molecule has 0 aromatic rings. The lowest BCUT2D eigenvalue weighted by molar-refractivity contribution is -0.389. The first-order valence-corrected chi connectivity index (χ1v) is 27.1. The maximum atomic E-state index is 12.1. The highest BCUT2D eigenvalue weighted by atomic mass is 16.8. The summed E-state index contributed by atoms with van der Waals surface area (Å²) in [6.45, 7) is 10.8. The maximum absolute atomic E-state index is 12.1. The number of hydrogen-bond acceptors (Lipinski definition) is 22. The fraction of sp³-hybridized carbons (Fsp3) is 1.00. The molecule has 4 saturated carbocycles. The molecule has 5 heterocycles. The minimum Gasteiger partial charge on any atom is -0.394 e. The van der Waals surface area contributed by atoms with E-state index >= 15 is 0 Å². The van der Waals surface area contributed by atoms with E-state index in [1.54, 1.807) is 0 Å². The van der Waals surface area contributed by atoms with Gasteiger partial charge in [0.25, 0.3) is 0 Å². The minimum atomic E-state index is -1.74. The summed E-state index contributed by atoms with van der Waals surface area (Å²) in [5.41, 5.74) is -0.0281. The van der Waals surface area contributed by atoms with Crippen LogP contribution in [0.1, 0.15) is 106 Å². The van der Waals surface area contributed by atoms with E-state index in [2.05, 4.69) is 20.8 Å². The number of rotatable bonds is 14. The zero-order valence-electron chi connectivity index (χ0n) is 42.9. The Kier molecular flexibility index (Phi) is 17.1. The molecule has 13 N–H and O–H groups in total. The largest absolute Gasteiger partial charge is 0.394 e. The molecule has 422 valence electrons. The number of ether oxygens (including phenoxy) is 9. The van der Waals surface area contributed by atoms with Crippen molar-refractivity contribution in [1.29, 1.82) is 0 Å². The predicted octanol–water partition coefficient (Wildman–Crippen LogP) is -1.90. The fourth-order valence-corrected chi connectivity index (χ4v) is 15.5. The van der Waals surface area contributed by atoms with Gasteiger partial charge in [-0.3, -0.25) is 0 Å². The highest BCUT2D eigenvalue weighted by Crippen LogP contribution is 2.71. The van der Waals surface area contributed by atoms with Crippen molar-refractivity contribution in [3.63, 3.8) is 0 Å². The van der Waals surface area contributed by atoms with Gasteiger partial charge >= 0.3 is 0 Å². The van der Waals surface area contributed by atoms with Crippen LogP contribution >= 0.6 is 0 Å². The van der Waals surface area contributed by atoms with Crippen LogP contribution in [-0.2, 0) is 42.6 Å². The molecule has 0 radical (unpaired) electrons. The van der Waals surface area contributed by atoms with E-state index in [0.29, 0.717) is 43.4 Å². The van der Waals surface area contributed by atoms with E-state index in [4.69, 9.17) is 42.6 Å². The summed E-state index contributed by atoms with van der Waals surface area (Å²) in [6.07, 6.45) is -21.1. The summed E-state index contributed by atoms with van der Waals surface area (Å²) < 4.78 is 54.7. The first-order valence-electron chi connectivity index (χ1n) is 27.1. The lowest BCUT2D eigenvalue weighted by Crippen LogP contribution is -2.66. The second-order valence-electron chi connectivity index (χ2n) is 24.2. The Morgan fingerprint density at radius 3 is 1.77 bits per heavy atom. The molecule has 0 aromatic heterocycles. The van der Waals surface area contributed by atoms with E-state index in [1.165, 1.54) is 13.8 Å². The molecule has 9 fully saturated rings. The van der Waals surface area contributed by atoms with Crippen molar-refractivity contribution in [2.75, 3.05) is 19.8 Å². The quantitative estimate of drug-likeness (QED) is 0.0845. The lowest BCUT2D eigenvalue weighted by Gasteiger charge is -2.61. The fourth-order valence-electron chi connectivity index (χ4n) is 15.5. The Morgan fingerprint density at radius 2 is 1.14 bits per heavy atom. The zero-order chi connectivity index (χ0) is 52.8. The van der Waals surface area contributed by atoms with Crippen LogP contribution in [0.15, 0.2) is 0 Å². The SMILES string of the molecule is C[C@@H](CC[C@@]1(O)O[C@H]2C[C@H]3[C@@H]4CC[C@@H]5C[C@@H](O[C@@H]6O[C@H](CO)[C@@H](O[C@@H]7O[C@@H](C)[C@H](O)[C@@H](O)[C@H]7O)[C@H](O)[C@H]6O[C@@H]6O[C@@H](C)[C@H](O)[C@@H](O)[C@H]6O)CC[C@]5(C)[C@H]4CC[C@]3(C)[C@H]2[C@@H]1C)CO[C@@H]1O[C@H](CO)[C@@H](O)[C@H](O)[C@H]1O. The van der Waals surface area contributed by atoms with Crippen molar-refractivity contribution in [2.24, 2.45) is 52.3 Å². The minimum absolute atomic E-state index is 0.00150. The number of hydrogen-bond donors (Lipinski definition) is 13. The van der Waals surface area contributed by atoms with Gasteiger partial charge in [-0.1, -0.05) is 27.7 Å². The normalized spacial score (nSPS) is 56.6. The summed E-state index contributed by atoms with van der Waals surface area (Å²) in [5.74, 6) is 0.300. The van der Waals surface area contributed by atoms with Crippen LogP contribution in [0.4, 0.5) is 0 Å². The number of aliphatic hydroxyl groups is 13. The van der Waals surface area contributed by atoms with Gasteiger partial charge in [0.2, 0.25) is 0 Å². The molecule has 22 nitrogen and oxygen atoms in total. The van der Waals surface area contributed by atoms with Crippen molar-refractivity contribution < 1.29 is 109 Å². The predicted molar refractivity (Wildman–Crippen MR) is 249 cm³/mol. The highest BCUT2D eigenvalue weighted by molar-refractivity contribution is 5.15. The molecule has 0 bridgehead atoms.